The molecule has 0 amide bonds. The molecule has 0 aliphatic heterocycles. The van der Waals surface area contributed by atoms with Crippen LogP contribution in [0.1, 0.15) is 5.56 Å². The summed E-state index contributed by atoms with van der Waals surface area (Å²) in [6.45, 7) is 0. The molecule has 0 saturated carbocycles. The number of benzene rings is 1. The van der Waals surface area contributed by atoms with E-state index in [1.165, 1.54) is 5.56 Å². The summed E-state index contributed by atoms with van der Waals surface area (Å²) < 4.78 is 9.69. The van der Waals surface area contributed by atoms with Gasteiger partial charge in [-0.05, 0) is 0 Å². The molecule has 0 fully saturated rings. The van der Waals surface area contributed by atoms with Crippen LogP contribution in [0.4, 0.5) is 0 Å². The van der Waals surface area contributed by atoms with Gasteiger partial charge < -0.3 is 0 Å². The van der Waals surface area contributed by atoms with Crippen molar-refractivity contribution in [2.75, 3.05) is 0 Å². The van der Waals surface area contributed by atoms with Crippen molar-refractivity contribution >= 4 is 17.0 Å². The Labute approximate surface area is 87.0 Å². The average molecular weight is 282 g/mol. The molecule has 1 aromatic rings. The topological polar surface area (TPSA) is 23.8 Å². The zero-order chi connectivity index (χ0) is 8.32. The number of nitrogens with zero attached hydrogens (tertiary/aromatic N) is 1. The van der Waals surface area contributed by atoms with Gasteiger partial charge in [-0.3, -0.25) is 0 Å². The molecule has 1 rings (SSSR count). The number of hydrogen-bond acceptors (Lipinski definition) is 1. The molecule has 0 unspecified atom stereocenters. The third kappa shape index (κ3) is 4.82. The quantitative estimate of drug-likeness (QED) is 0.723. The molecule has 0 atom stereocenters. The third-order valence-corrected chi connectivity index (χ3v) is 5.52. The zero-order valence-electron chi connectivity index (χ0n) is 7.66. The van der Waals surface area contributed by atoms with E-state index < -0.39 is 14.4 Å². The van der Waals surface area contributed by atoms with Crippen LogP contribution >= 0.6 is 17.0 Å². The van der Waals surface area contributed by atoms with Gasteiger partial charge in [-0.1, -0.05) is 0 Å². The van der Waals surface area contributed by atoms with Gasteiger partial charge in [-0.15, -0.1) is 17.0 Å². The van der Waals surface area contributed by atoms with Gasteiger partial charge in [0, 0.05) is 0 Å². The Balaban J connectivity index is 0.00000121. The molecule has 0 bridgehead atoms. The molecule has 0 N–H and O–H groups in total. The molecule has 1 aromatic carbocycles. The second-order valence-electron chi connectivity index (χ2n) is 4.30. The number of halogens is 1. The first-order valence-electron chi connectivity index (χ1n) is 4.49. The van der Waals surface area contributed by atoms with Crippen LogP contribution in [0.25, 0.3) is 0 Å². The van der Waals surface area contributed by atoms with Crippen LogP contribution in [0.3, 0.4) is 0 Å². The van der Waals surface area contributed by atoms with Crippen LogP contribution in [-0.2, 0) is 19.4 Å². The summed E-state index contributed by atoms with van der Waals surface area (Å²) in [5, 5.41) is 0.935. The maximum atomic E-state index is 9.69. The zero-order valence-corrected chi connectivity index (χ0v) is 12.3. The molecule has 0 radical (unpaired) electrons. The van der Waals surface area contributed by atoms with E-state index in [1.807, 2.05) is 29.2 Å². The first kappa shape index (κ1) is 12.0. The van der Waals surface area contributed by atoms with Crippen LogP contribution in [0.2, 0.25) is 11.0 Å². The van der Waals surface area contributed by atoms with Crippen molar-refractivity contribution in [1.82, 2.24) is 0 Å². The Morgan fingerprint density at radius 3 is 2.08 bits per heavy atom. The van der Waals surface area contributed by atoms with Gasteiger partial charge in [0.1, 0.15) is 0 Å². The van der Waals surface area contributed by atoms with Crippen LogP contribution in [0.15, 0.2) is 30.3 Å². The number of hydrogen-bond donors (Lipinski definition) is 0. The second kappa shape index (κ2) is 4.91. The molecule has 3 heteroatoms. The van der Waals surface area contributed by atoms with Gasteiger partial charge in [0.05, 0.1) is 0 Å². The van der Waals surface area contributed by atoms with E-state index in [1.54, 1.807) is 0 Å². The maximum absolute atomic E-state index is 9.69. The molecule has 64 valence electrons. The van der Waals surface area contributed by atoms with E-state index in [-0.39, 0.29) is 17.0 Å². The van der Waals surface area contributed by atoms with E-state index >= 15 is 0 Å². The summed E-state index contributed by atoms with van der Waals surface area (Å²) >= 11 is -2.65. The molecule has 0 saturated heterocycles. The monoisotopic (exact) mass is 279 g/mol. The first-order chi connectivity index (χ1) is 5.08. The molecule has 1 nitrogen and oxygen atoms in total. The summed E-state index contributed by atoms with van der Waals surface area (Å²) in [5.41, 5.74) is 5.35. The van der Waals surface area contributed by atoms with Gasteiger partial charge >= 0.3 is 70.3 Å². The van der Waals surface area contributed by atoms with Crippen LogP contribution in [-0.4, -0.2) is 0 Å². The van der Waals surface area contributed by atoms with Crippen molar-refractivity contribution in [3.63, 3.8) is 0 Å². The molecule has 0 aromatic heterocycles. The summed E-state index contributed by atoms with van der Waals surface area (Å²) in [6, 6.07) is 10.2. The van der Waals surface area contributed by atoms with E-state index in [9.17, 15) is 3.92 Å². The molecular formula is C9H14BrNZn. The predicted octanol–water partition coefficient (Wildman–Crippen LogP) is 3.49. The van der Waals surface area contributed by atoms with Gasteiger partial charge in [0.15, 0.2) is 0 Å². The standard InChI is InChI=1S/C7H7.2CH3.BrH.N.Zn/c1-7-5-3-2-4-6-7;;;;;/h2-6H,1H2;2*1H3;1H;;. The fourth-order valence-electron chi connectivity index (χ4n) is 1.35. The van der Waals surface area contributed by atoms with Crippen molar-refractivity contribution in [2.24, 2.45) is 0 Å². The van der Waals surface area contributed by atoms with E-state index in [0.29, 0.717) is 0 Å². The molecule has 0 aliphatic carbocycles. The minimum absolute atomic E-state index is 0. The molecule has 0 heterocycles. The van der Waals surface area contributed by atoms with E-state index in [2.05, 4.69) is 12.1 Å². The van der Waals surface area contributed by atoms with Gasteiger partial charge in [0.25, 0.3) is 0 Å². The van der Waals surface area contributed by atoms with Crippen LogP contribution < -0.4 is 0 Å². The summed E-state index contributed by atoms with van der Waals surface area (Å²) in [6.07, 6.45) is 0. The molecule has 0 aliphatic rings. The average Bonchev–Trinajstić information content (AvgIpc) is 1.85. The van der Waals surface area contributed by atoms with Crippen LogP contribution in [0.5, 0.6) is 0 Å². The molecule has 12 heavy (non-hydrogen) atoms. The third-order valence-electron chi connectivity index (χ3n) is 1.74. The van der Waals surface area contributed by atoms with E-state index in [4.69, 9.17) is 0 Å². The summed E-state index contributed by atoms with van der Waals surface area (Å²) in [5.74, 6) is 0. The Kier molecular flexibility index (Phi) is 4.93. The molecular weight excluding hydrogens is 267 g/mol. The summed E-state index contributed by atoms with van der Waals surface area (Å²) in [7, 11) is 0. The normalized spacial score (nSPS) is 7.75. The van der Waals surface area contributed by atoms with Crippen molar-refractivity contribution < 1.29 is 14.4 Å². The van der Waals surface area contributed by atoms with Crippen LogP contribution in [0, 0.1) is 3.92 Å². The van der Waals surface area contributed by atoms with Gasteiger partial charge in [0.2, 0.25) is 0 Å². The second-order valence-corrected chi connectivity index (χ2v) is 16.1. The Hall–Kier alpha value is 0.0334. The Bertz CT molecular complexity index is 315. The first-order valence-corrected chi connectivity index (χ1v) is 13.9. The van der Waals surface area contributed by atoms with E-state index in [0.717, 1.165) is 5.02 Å². The SMILES string of the molecule is Br.[CH3][Zn]([CH3])(#[N])[CH2]c1ccccc1. The Morgan fingerprint density at radius 1 is 1.17 bits per heavy atom. The minimum atomic E-state index is -2.65. The van der Waals surface area contributed by atoms with Gasteiger partial charge in [-0.25, -0.2) is 0 Å². The number of rotatable bonds is 1. The Morgan fingerprint density at radius 2 is 1.67 bits per heavy atom. The van der Waals surface area contributed by atoms with Gasteiger partial charge in [-0.2, -0.15) is 0 Å². The van der Waals surface area contributed by atoms with Crippen molar-refractivity contribution in [2.45, 2.75) is 16.1 Å². The van der Waals surface area contributed by atoms with Crippen molar-refractivity contribution in [3.05, 3.63) is 35.9 Å². The fraction of sp³-hybridized carbons (Fsp3) is 0.333. The molecule has 0 spiro atoms. The fourth-order valence-corrected chi connectivity index (χ4v) is 5.01. The summed E-state index contributed by atoms with van der Waals surface area (Å²) in [4.78, 5) is 0. The van der Waals surface area contributed by atoms with Crippen molar-refractivity contribution in [1.29, 1.82) is 3.92 Å². The predicted molar refractivity (Wildman–Crippen MR) is 53.9 cm³/mol. The van der Waals surface area contributed by atoms with Crippen molar-refractivity contribution in [3.8, 4) is 0 Å².